The Morgan fingerprint density at radius 3 is 2.83 bits per heavy atom. The third-order valence-electron chi connectivity index (χ3n) is 3.38. The number of nitrogens with zero attached hydrogens (tertiary/aromatic N) is 2. The van der Waals surface area contributed by atoms with Gasteiger partial charge in [-0.1, -0.05) is 29.3 Å². The van der Waals surface area contributed by atoms with E-state index in [1.165, 1.54) is 12.1 Å². The number of halogens is 2. The second kappa shape index (κ2) is 6.33. The molecule has 0 unspecified atom stereocenters. The lowest BCUT2D eigenvalue weighted by Gasteiger charge is -2.06. The Hall–Kier alpha value is -2.48. The molecule has 0 saturated carbocycles. The van der Waals surface area contributed by atoms with Gasteiger partial charge in [-0.2, -0.15) is 5.26 Å². The third-order valence-corrected chi connectivity index (χ3v) is 3.93. The van der Waals surface area contributed by atoms with Gasteiger partial charge in [-0.15, -0.1) is 0 Å². The van der Waals surface area contributed by atoms with Gasteiger partial charge in [0.05, 0.1) is 21.7 Å². The average molecular weight is 345 g/mol. The lowest BCUT2D eigenvalue weighted by atomic mass is 10.2. The standard InChI is InChI=1S/C17H10Cl2N2O2/c18-12-4-5-13(15(19)7-12)17(22)23-10-11-9-21-6-2-1-3-16(21)14(11)8-20/h1-7,9H,10H2. The first-order chi connectivity index (χ1) is 11.1. The van der Waals surface area contributed by atoms with Crippen LogP contribution in [0, 0.1) is 11.3 Å². The molecule has 6 heteroatoms. The number of carbonyl (C=O) groups is 1. The Morgan fingerprint density at radius 2 is 2.09 bits per heavy atom. The Bertz CT molecular complexity index is 941. The topological polar surface area (TPSA) is 54.5 Å². The molecule has 0 saturated heterocycles. The fourth-order valence-electron chi connectivity index (χ4n) is 2.29. The number of esters is 1. The molecule has 0 fully saturated rings. The molecule has 3 aromatic rings. The minimum absolute atomic E-state index is 0.0115. The van der Waals surface area contributed by atoms with Crippen molar-refractivity contribution in [2.75, 3.05) is 0 Å². The number of pyridine rings is 1. The van der Waals surface area contributed by atoms with Crippen molar-refractivity contribution in [1.82, 2.24) is 4.40 Å². The molecule has 0 aliphatic heterocycles. The maximum Gasteiger partial charge on any atom is 0.339 e. The molecule has 0 N–H and O–H groups in total. The van der Waals surface area contributed by atoms with Crippen molar-refractivity contribution in [3.63, 3.8) is 0 Å². The van der Waals surface area contributed by atoms with Gasteiger partial charge < -0.3 is 9.14 Å². The van der Waals surface area contributed by atoms with E-state index >= 15 is 0 Å². The first-order valence-electron chi connectivity index (χ1n) is 6.71. The smallest absolute Gasteiger partial charge is 0.339 e. The van der Waals surface area contributed by atoms with E-state index in [9.17, 15) is 10.1 Å². The number of ether oxygens (including phenoxy) is 1. The van der Waals surface area contributed by atoms with Gasteiger partial charge in [-0.05, 0) is 30.3 Å². The molecule has 1 aromatic carbocycles. The van der Waals surface area contributed by atoms with Crippen LogP contribution in [0.25, 0.3) is 5.52 Å². The van der Waals surface area contributed by atoms with E-state index in [0.29, 0.717) is 16.1 Å². The predicted molar refractivity (Wildman–Crippen MR) is 87.7 cm³/mol. The zero-order chi connectivity index (χ0) is 16.4. The van der Waals surface area contributed by atoms with Crippen LogP contribution in [-0.4, -0.2) is 10.4 Å². The van der Waals surface area contributed by atoms with E-state index in [1.807, 2.05) is 28.8 Å². The second-order valence-electron chi connectivity index (χ2n) is 4.83. The molecule has 4 nitrogen and oxygen atoms in total. The lowest BCUT2D eigenvalue weighted by Crippen LogP contribution is -2.06. The summed E-state index contributed by atoms with van der Waals surface area (Å²) < 4.78 is 7.09. The molecular formula is C17H10Cl2N2O2. The lowest BCUT2D eigenvalue weighted by molar-refractivity contribution is 0.0473. The van der Waals surface area contributed by atoms with Crippen LogP contribution in [0.15, 0.2) is 48.8 Å². The number of hydrogen-bond acceptors (Lipinski definition) is 3. The zero-order valence-corrected chi connectivity index (χ0v) is 13.3. The van der Waals surface area contributed by atoms with Crippen molar-refractivity contribution in [3.8, 4) is 6.07 Å². The van der Waals surface area contributed by atoms with Gasteiger partial charge in [0, 0.05) is 23.0 Å². The summed E-state index contributed by atoms with van der Waals surface area (Å²) in [4.78, 5) is 12.1. The van der Waals surface area contributed by atoms with Crippen LogP contribution in [0.1, 0.15) is 21.5 Å². The number of rotatable bonds is 3. The van der Waals surface area contributed by atoms with Crippen molar-refractivity contribution in [2.45, 2.75) is 6.61 Å². The van der Waals surface area contributed by atoms with Gasteiger partial charge in [0.1, 0.15) is 12.7 Å². The first kappa shape index (κ1) is 15.4. The molecule has 23 heavy (non-hydrogen) atoms. The van der Waals surface area contributed by atoms with E-state index in [0.717, 1.165) is 5.52 Å². The summed E-state index contributed by atoms with van der Waals surface area (Å²) in [6.45, 7) is -0.0115. The summed E-state index contributed by atoms with van der Waals surface area (Å²) in [5.41, 5.74) is 2.13. The van der Waals surface area contributed by atoms with Gasteiger partial charge in [0.2, 0.25) is 0 Å². The number of nitriles is 1. The molecular weight excluding hydrogens is 335 g/mol. The van der Waals surface area contributed by atoms with Crippen LogP contribution in [0.5, 0.6) is 0 Å². The van der Waals surface area contributed by atoms with E-state index in [2.05, 4.69) is 6.07 Å². The first-order valence-corrected chi connectivity index (χ1v) is 7.46. The summed E-state index contributed by atoms with van der Waals surface area (Å²) in [5.74, 6) is -0.564. The molecule has 2 heterocycles. The molecule has 0 radical (unpaired) electrons. The summed E-state index contributed by atoms with van der Waals surface area (Å²) in [6.07, 6.45) is 3.60. The van der Waals surface area contributed by atoms with Gasteiger partial charge in [0.25, 0.3) is 0 Å². The maximum atomic E-state index is 12.1. The Morgan fingerprint density at radius 1 is 1.26 bits per heavy atom. The quantitative estimate of drug-likeness (QED) is 0.658. The number of hydrogen-bond donors (Lipinski definition) is 0. The van der Waals surface area contributed by atoms with Crippen LogP contribution in [0.3, 0.4) is 0 Å². The van der Waals surface area contributed by atoms with E-state index in [-0.39, 0.29) is 17.2 Å². The molecule has 0 atom stereocenters. The van der Waals surface area contributed by atoms with Crippen LogP contribution in [0.4, 0.5) is 0 Å². The number of fused-ring (bicyclic) bond motifs is 1. The summed E-state index contributed by atoms with van der Waals surface area (Å²) in [5, 5.41) is 9.99. The minimum Gasteiger partial charge on any atom is -0.457 e. The highest BCUT2D eigenvalue weighted by molar-refractivity contribution is 6.36. The average Bonchev–Trinajstić information content (AvgIpc) is 2.90. The molecule has 2 aromatic heterocycles. The van der Waals surface area contributed by atoms with Gasteiger partial charge in [-0.25, -0.2) is 4.79 Å². The van der Waals surface area contributed by atoms with Crippen LogP contribution >= 0.6 is 23.2 Å². The summed E-state index contributed by atoms with van der Waals surface area (Å²) >= 11 is 11.8. The van der Waals surface area contributed by atoms with Crippen LogP contribution in [0.2, 0.25) is 10.0 Å². The largest absolute Gasteiger partial charge is 0.457 e. The van der Waals surface area contributed by atoms with E-state index in [1.54, 1.807) is 12.3 Å². The molecule has 3 rings (SSSR count). The highest BCUT2D eigenvalue weighted by Gasteiger charge is 2.15. The fourth-order valence-corrected chi connectivity index (χ4v) is 2.78. The molecule has 0 aliphatic carbocycles. The van der Waals surface area contributed by atoms with Crippen LogP contribution in [-0.2, 0) is 11.3 Å². The summed E-state index contributed by atoms with van der Waals surface area (Å²) in [7, 11) is 0. The van der Waals surface area contributed by atoms with Crippen molar-refractivity contribution < 1.29 is 9.53 Å². The summed E-state index contributed by atoms with van der Waals surface area (Å²) in [6, 6.07) is 12.2. The predicted octanol–water partition coefficient (Wildman–Crippen LogP) is 4.47. The number of benzene rings is 1. The highest BCUT2D eigenvalue weighted by Crippen LogP contribution is 2.23. The second-order valence-corrected chi connectivity index (χ2v) is 5.68. The van der Waals surface area contributed by atoms with E-state index in [4.69, 9.17) is 27.9 Å². The van der Waals surface area contributed by atoms with Crippen molar-refractivity contribution >= 4 is 34.7 Å². The molecule has 0 amide bonds. The van der Waals surface area contributed by atoms with E-state index < -0.39 is 5.97 Å². The monoisotopic (exact) mass is 344 g/mol. The minimum atomic E-state index is -0.564. The van der Waals surface area contributed by atoms with Crippen LogP contribution < -0.4 is 0 Å². The Labute approximate surface area is 142 Å². The molecule has 0 aliphatic rings. The zero-order valence-electron chi connectivity index (χ0n) is 11.8. The molecule has 114 valence electrons. The van der Waals surface area contributed by atoms with Gasteiger partial charge in [0.15, 0.2) is 0 Å². The third kappa shape index (κ3) is 3.02. The fraction of sp³-hybridized carbons (Fsp3) is 0.0588. The Kier molecular flexibility index (Phi) is 4.24. The SMILES string of the molecule is N#Cc1c(COC(=O)c2ccc(Cl)cc2Cl)cn2ccccc12. The Balaban J connectivity index is 1.83. The number of aromatic nitrogens is 1. The molecule has 0 bridgehead atoms. The van der Waals surface area contributed by atoms with Gasteiger partial charge in [-0.3, -0.25) is 0 Å². The number of carbonyl (C=O) groups excluding carboxylic acids is 1. The highest BCUT2D eigenvalue weighted by atomic mass is 35.5. The van der Waals surface area contributed by atoms with Gasteiger partial charge >= 0.3 is 5.97 Å². The van der Waals surface area contributed by atoms with Crippen molar-refractivity contribution in [2.24, 2.45) is 0 Å². The maximum absolute atomic E-state index is 12.1. The van der Waals surface area contributed by atoms with Crippen molar-refractivity contribution in [3.05, 3.63) is 75.5 Å². The van der Waals surface area contributed by atoms with Crippen molar-refractivity contribution in [1.29, 1.82) is 5.26 Å². The molecule has 0 spiro atoms. The normalized spacial score (nSPS) is 10.5.